The maximum Gasteiger partial charge on any atom is 0.0342 e. The summed E-state index contributed by atoms with van der Waals surface area (Å²) in [5.41, 5.74) is 1.26. The van der Waals surface area contributed by atoms with E-state index in [1.54, 1.807) is 11.3 Å². The molecule has 82 valence electrons. The van der Waals surface area contributed by atoms with Crippen LogP contribution in [0.1, 0.15) is 0 Å². The minimum atomic E-state index is 0. The van der Waals surface area contributed by atoms with E-state index < -0.39 is 0 Å². The van der Waals surface area contributed by atoms with Crippen molar-refractivity contribution in [2.24, 2.45) is 0 Å². The first-order chi connectivity index (χ1) is 7.47. The molecule has 0 saturated heterocycles. The number of rotatable bonds is 1. The topological polar surface area (TPSA) is 0 Å². The molecule has 0 bridgehead atoms. The van der Waals surface area contributed by atoms with Crippen LogP contribution < -0.4 is 0 Å². The minimum Gasteiger partial charge on any atom is -0.197 e. The number of hydrogen-bond donors (Lipinski definition) is 0. The van der Waals surface area contributed by atoms with Crippen molar-refractivity contribution >= 4 is 24.8 Å². The van der Waals surface area contributed by atoms with Gasteiger partial charge in [-0.05, 0) is 17.0 Å². The summed E-state index contributed by atoms with van der Waals surface area (Å²) in [5.74, 6) is 0. The molecule has 2 heteroatoms. The van der Waals surface area contributed by atoms with Crippen LogP contribution in [0.4, 0.5) is 0 Å². The Morgan fingerprint density at radius 2 is 1.19 bits per heavy atom. The molecule has 2 aromatic rings. The van der Waals surface area contributed by atoms with Crippen molar-refractivity contribution in [3.63, 3.8) is 0 Å². The van der Waals surface area contributed by atoms with E-state index in [0.717, 1.165) is 0 Å². The molecule has 0 radical (unpaired) electrons. The van der Waals surface area contributed by atoms with E-state index in [1.165, 1.54) is 10.4 Å². The first-order valence-corrected chi connectivity index (χ1v) is 5.77. The summed E-state index contributed by atoms with van der Waals surface area (Å²) in [6.07, 6.45) is 0. The van der Waals surface area contributed by atoms with Crippen LogP contribution in [0.25, 0.3) is 10.4 Å². The van der Waals surface area contributed by atoms with Crippen LogP contribution in [-0.4, -0.2) is 0 Å². The van der Waals surface area contributed by atoms with Crippen molar-refractivity contribution in [1.29, 1.82) is 0 Å². The quantitative estimate of drug-likeness (QED) is 0.687. The lowest BCUT2D eigenvalue weighted by Crippen LogP contribution is -1.69. The summed E-state index contributed by atoms with van der Waals surface area (Å²) >= 11 is 1.74. The standard InChI is InChI=1S/C14H12S.H2S/c1-2-7-11-14(15-12-8-3-1)13-9-5-4-6-10-13;/h1-12H;1H2. The van der Waals surface area contributed by atoms with Crippen molar-refractivity contribution in [2.75, 3.05) is 0 Å². The predicted octanol–water partition coefficient (Wildman–Crippen LogP) is 4.65. The molecule has 16 heavy (non-hydrogen) atoms. The molecular formula is C14H14S2. The first kappa shape index (κ1) is 12.8. The Morgan fingerprint density at radius 1 is 0.625 bits per heavy atom. The van der Waals surface area contributed by atoms with Gasteiger partial charge in [0, 0.05) is 4.88 Å². The molecule has 0 N–H and O–H groups in total. The van der Waals surface area contributed by atoms with E-state index >= 15 is 0 Å². The van der Waals surface area contributed by atoms with Crippen molar-refractivity contribution in [3.8, 4) is 10.4 Å². The van der Waals surface area contributed by atoms with E-state index in [1.807, 2.05) is 24.3 Å². The molecule has 1 heterocycles. The lowest BCUT2D eigenvalue weighted by Gasteiger charge is -1.95. The Kier molecular flexibility index (Phi) is 5.68. The van der Waals surface area contributed by atoms with Gasteiger partial charge in [-0.15, -0.1) is 11.3 Å². The fraction of sp³-hybridized carbons (Fsp3) is 0. The molecular weight excluding hydrogens is 232 g/mol. The summed E-state index contributed by atoms with van der Waals surface area (Å²) in [6.45, 7) is 0. The smallest absolute Gasteiger partial charge is 0.0342 e. The Bertz CT molecular complexity index is 435. The second kappa shape index (κ2) is 7.09. The van der Waals surface area contributed by atoms with E-state index in [9.17, 15) is 0 Å². The molecule has 0 amide bonds. The second-order valence-corrected chi connectivity index (χ2v) is 4.06. The first-order valence-electron chi connectivity index (χ1n) is 4.89. The molecule has 0 spiro atoms. The Hall–Kier alpha value is -1.25. The lowest BCUT2D eigenvalue weighted by atomic mass is 10.2. The summed E-state index contributed by atoms with van der Waals surface area (Å²) in [5, 5.41) is 2.10. The highest BCUT2D eigenvalue weighted by molar-refractivity contribution is 7.59. The Balaban J connectivity index is 0.00000128. The monoisotopic (exact) mass is 246 g/mol. The Morgan fingerprint density at radius 3 is 2.00 bits per heavy atom. The van der Waals surface area contributed by atoms with Crippen molar-refractivity contribution in [2.45, 2.75) is 0 Å². The van der Waals surface area contributed by atoms with Gasteiger partial charge in [-0.1, -0.05) is 60.7 Å². The van der Waals surface area contributed by atoms with Gasteiger partial charge in [0.25, 0.3) is 0 Å². The van der Waals surface area contributed by atoms with Crippen molar-refractivity contribution in [3.05, 3.63) is 72.1 Å². The summed E-state index contributed by atoms with van der Waals surface area (Å²) in [7, 11) is 0. The van der Waals surface area contributed by atoms with Crippen LogP contribution in [-0.2, 0) is 0 Å². The van der Waals surface area contributed by atoms with Crippen molar-refractivity contribution in [1.82, 2.24) is 0 Å². The molecule has 0 atom stereocenters. The van der Waals surface area contributed by atoms with Gasteiger partial charge in [0.2, 0.25) is 0 Å². The van der Waals surface area contributed by atoms with Crippen LogP contribution in [0, 0.1) is 0 Å². The van der Waals surface area contributed by atoms with Crippen LogP contribution >= 0.6 is 24.8 Å². The van der Waals surface area contributed by atoms with Gasteiger partial charge >= 0.3 is 0 Å². The van der Waals surface area contributed by atoms with E-state index in [0.29, 0.717) is 0 Å². The fourth-order valence-corrected chi connectivity index (χ4v) is 2.04. The minimum absolute atomic E-state index is 0. The fourth-order valence-electron chi connectivity index (χ4n) is 1.30. The van der Waals surface area contributed by atoms with Gasteiger partial charge in [0.05, 0.1) is 0 Å². The third-order valence-corrected chi connectivity index (χ3v) is 2.94. The zero-order chi connectivity index (χ0) is 10.3. The molecule has 0 nitrogen and oxygen atoms in total. The number of hydrogen-bond acceptors (Lipinski definition) is 1. The molecule has 1 aromatic carbocycles. The van der Waals surface area contributed by atoms with Crippen LogP contribution in [0.3, 0.4) is 0 Å². The molecule has 2 rings (SSSR count). The molecule has 0 aliphatic carbocycles. The highest BCUT2D eigenvalue weighted by Gasteiger charge is 1.91. The zero-order valence-electron chi connectivity index (χ0n) is 8.84. The van der Waals surface area contributed by atoms with Crippen LogP contribution in [0.5, 0.6) is 0 Å². The zero-order valence-corrected chi connectivity index (χ0v) is 10.7. The largest absolute Gasteiger partial charge is 0.197 e. The molecule has 0 aliphatic heterocycles. The van der Waals surface area contributed by atoms with Crippen LogP contribution in [0.2, 0.25) is 0 Å². The van der Waals surface area contributed by atoms with E-state index in [2.05, 4.69) is 47.8 Å². The predicted molar refractivity (Wildman–Crippen MR) is 77.8 cm³/mol. The highest BCUT2D eigenvalue weighted by Crippen LogP contribution is 2.20. The molecule has 0 fully saturated rings. The van der Waals surface area contributed by atoms with Gasteiger partial charge in [-0.25, -0.2) is 0 Å². The molecule has 0 unspecified atom stereocenters. The average molecular weight is 246 g/mol. The summed E-state index contributed by atoms with van der Waals surface area (Å²) in [4.78, 5) is 1.27. The summed E-state index contributed by atoms with van der Waals surface area (Å²) < 4.78 is 0. The van der Waals surface area contributed by atoms with E-state index in [-0.39, 0.29) is 13.5 Å². The molecule has 0 saturated carbocycles. The van der Waals surface area contributed by atoms with Gasteiger partial charge in [0.1, 0.15) is 0 Å². The maximum absolute atomic E-state index is 2.14. The Labute approximate surface area is 107 Å². The van der Waals surface area contributed by atoms with E-state index in [4.69, 9.17) is 0 Å². The van der Waals surface area contributed by atoms with Gasteiger partial charge in [0.15, 0.2) is 0 Å². The van der Waals surface area contributed by atoms with Gasteiger partial charge < -0.3 is 0 Å². The number of benzene rings is 1. The third kappa shape index (κ3) is 3.72. The average Bonchev–Trinajstić information content (AvgIpc) is 2.43. The maximum atomic E-state index is 2.14. The van der Waals surface area contributed by atoms with Crippen molar-refractivity contribution < 1.29 is 0 Å². The van der Waals surface area contributed by atoms with Gasteiger partial charge in [-0.2, -0.15) is 13.5 Å². The SMILES string of the molecule is S.c1cccsc(-c2ccccc2)ccc1. The third-order valence-electron chi connectivity index (χ3n) is 2.02. The highest BCUT2D eigenvalue weighted by atomic mass is 32.1. The van der Waals surface area contributed by atoms with Crippen LogP contribution in [0.15, 0.2) is 72.1 Å². The normalized spacial score (nSPS) is 8.75. The molecule has 1 aromatic heterocycles. The molecule has 0 aliphatic rings. The lowest BCUT2D eigenvalue weighted by molar-refractivity contribution is 1.69. The second-order valence-electron chi connectivity index (χ2n) is 3.11. The summed E-state index contributed by atoms with van der Waals surface area (Å²) in [6, 6.07) is 22.8. The van der Waals surface area contributed by atoms with Gasteiger partial charge in [-0.3, -0.25) is 0 Å².